The van der Waals surface area contributed by atoms with Crippen molar-refractivity contribution in [1.82, 2.24) is 0 Å². The van der Waals surface area contributed by atoms with E-state index in [1.807, 2.05) is 0 Å². The molecule has 13 heavy (non-hydrogen) atoms. The van der Waals surface area contributed by atoms with Gasteiger partial charge in [-0.3, -0.25) is 4.79 Å². The lowest BCUT2D eigenvalue weighted by atomic mass is 10.0. The van der Waals surface area contributed by atoms with Crippen LogP contribution in [0.15, 0.2) is 12.1 Å². The third kappa shape index (κ3) is 1.51. The molecular weight excluding hydrogens is 172 g/mol. The van der Waals surface area contributed by atoms with Crippen LogP contribution in [0.3, 0.4) is 0 Å². The quantitative estimate of drug-likeness (QED) is 0.671. The van der Waals surface area contributed by atoms with Crippen LogP contribution in [0.5, 0.6) is 5.75 Å². The normalized spacial score (nSPS) is 9.62. The van der Waals surface area contributed by atoms with E-state index >= 15 is 0 Å². The molecule has 0 aliphatic rings. The number of aldehydes is 1. The molecule has 0 aromatic heterocycles. The Bertz CT molecular complexity index is 368. The fourth-order valence-electron chi connectivity index (χ4n) is 1.09. The molecule has 0 atom stereocenters. The topological polar surface area (TPSA) is 74.6 Å². The average molecular weight is 180 g/mol. The molecule has 0 saturated carbocycles. The van der Waals surface area contributed by atoms with Crippen molar-refractivity contribution in [2.45, 2.75) is 6.92 Å². The van der Waals surface area contributed by atoms with Crippen LogP contribution in [0, 0.1) is 6.92 Å². The van der Waals surface area contributed by atoms with Gasteiger partial charge in [-0.2, -0.15) is 0 Å². The minimum Gasteiger partial charge on any atom is -0.507 e. The standard InChI is InChI=1S/C9H8O4/c1-5-2-3-7(11)8(9(12)13)6(5)4-10/h2-4,11H,1H3,(H,12,13). The van der Waals surface area contributed by atoms with Crippen LogP contribution in [0.2, 0.25) is 0 Å². The molecule has 0 unspecified atom stereocenters. The summed E-state index contributed by atoms with van der Waals surface area (Å²) in [6.07, 6.45) is 0.429. The molecule has 1 aromatic carbocycles. The number of benzene rings is 1. The molecular formula is C9H8O4. The largest absolute Gasteiger partial charge is 0.507 e. The number of carboxylic acids is 1. The van der Waals surface area contributed by atoms with Gasteiger partial charge < -0.3 is 10.2 Å². The predicted octanol–water partition coefficient (Wildman–Crippen LogP) is 1.21. The highest BCUT2D eigenvalue weighted by atomic mass is 16.4. The third-order valence-corrected chi connectivity index (χ3v) is 1.77. The van der Waals surface area contributed by atoms with E-state index in [9.17, 15) is 14.7 Å². The zero-order valence-electron chi connectivity index (χ0n) is 6.94. The second kappa shape index (κ2) is 3.26. The number of hydrogen-bond acceptors (Lipinski definition) is 3. The van der Waals surface area contributed by atoms with Gasteiger partial charge in [0.1, 0.15) is 11.3 Å². The summed E-state index contributed by atoms with van der Waals surface area (Å²) in [4.78, 5) is 21.2. The predicted molar refractivity (Wildman–Crippen MR) is 45.2 cm³/mol. The molecule has 0 bridgehead atoms. The minimum atomic E-state index is -1.30. The molecule has 2 N–H and O–H groups in total. The van der Waals surface area contributed by atoms with Gasteiger partial charge in [-0.05, 0) is 18.6 Å². The number of aryl methyl sites for hydroxylation is 1. The van der Waals surface area contributed by atoms with Crippen LogP contribution in [-0.4, -0.2) is 22.5 Å². The van der Waals surface area contributed by atoms with E-state index in [-0.39, 0.29) is 16.9 Å². The second-order valence-electron chi connectivity index (χ2n) is 2.61. The Morgan fingerprint density at radius 1 is 1.46 bits per heavy atom. The highest BCUT2D eigenvalue weighted by Crippen LogP contribution is 2.22. The summed E-state index contributed by atoms with van der Waals surface area (Å²) < 4.78 is 0. The number of carbonyl (C=O) groups excluding carboxylic acids is 1. The Kier molecular flexibility index (Phi) is 2.32. The Labute approximate surface area is 74.4 Å². The number of rotatable bonds is 2. The van der Waals surface area contributed by atoms with Crippen molar-refractivity contribution in [3.63, 3.8) is 0 Å². The van der Waals surface area contributed by atoms with E-state index in [4.69, 9.17) is 5.11 Å². The van der Waals surface area contributed by atoms with Crippen LogP contribution in [-0.2, 0) is 0 Å². The molecule has 4 heteroatoms. The van der Waals surface area contributed by atoms with Crippen LogP contribution in [0.1, 0.15) is 26.3 Å². The summed E-state index contributed by atoms with van der Waals surface area (Å²) in [5, 5.41) is 17.9. The highest BCUT2D eigenvalue weighted by molar-refractivity contribution is 6.00. The van der Waals surface area contributed by atoms with Crippen LogP contribution in [0.25, 0.3) is 0 Å². The Balaban J connectivity index is 3.52. The van der Waals surface area contributed by atoms with Crippen LogP contribution >= 0.6 is 0 Å². The Morgan fingerprint density at radius 3 is 2.46 bits per heavy atom. The average Bonchev–Trinajstić information content (AvgIpc) is 2.07. The van der Waals surface area contributed by atoms with Crippen LogP contribution in [0.4, 0.5) is 0 Å². The molecule has 0 fully saturated rings. The fraction of sp³-hybridized carbons (Fsp3) is 0.111. The fourth-order valence-corrected chi connectivity index (χ4v) is 1.09. The first-order valence-electron chi connectivity index (χ1n) is 3.59. The maximum atomic E-state index is 10.6. The lowest BCUT2D eigenvalue weighted by molar-refractivity contribution is 0.0690. The van der Waals surface area contributed by atoms with Gasteiger partial charge in [0, 0.05) is 5.56 Å². The Morgan fingerprint density at radius 2 is 2.08 bits per heavy atom. The molecule has 0 heterocycles. The SMILES string of the molecule is Cc1ccc(O)c(C(=O)O)c1C=O. The van der Waals surface area contributed by atoms with Crippen molar-refractivity contribution in [3.8, 4) is 5.75 Å². The molecule has 0 amide bonds. The van der Waals surface area contributed by atoms with Crippen molar-refractivity contribution in [2.75, 3.05) is 0 Å². The van der Waals surface area contributed by atoms with Crippen molar-refractivity contribution in [3.05, 3.63) is 28.8 Å². The van der Waals surface area contributed by atoms with Gasteiger partial charge in [0.2, 0.25) is 0 Å². The minimum absolute atomic E-state index is 0.0208. The first kappa shape index (κ1) is 9.25. The van der Waals surface area contributed by atoms with E-state index in [0.717, 1.165) is 0 Å². The van der Waals surface area contributed by atoms with E-state index in [0.29, 0.717) is 11.8 Å². The number of aromatic hydroxyl groups is 1. The van der Waals surface area contributed by atoms with Gasteiger partial charge in [-0.25, -0.2) is 4.79 Å². The van der Waals surface area contributed by atoms with Gasteiger partial charge in [0.15, 0.2) is 6.29 Å². The monoisotopic (exact) mass is 180 g/mol. The van der Waals surface area contributed by atoms with Gasteiger partial charge in [-0.15, -0.1) is 0 Å². The van der Waals surface area contributed by atoms with E-state index < -0.39 is 5.97 Å². The number of aromatic carboxylic acids is 1. The maximum absolute atomic E-state index is 10.6. The first-order chi connectivity index (χ1) is 6.07. The molecule has 68 valence electrons. The Hall–Kier alpha value is -1.84. The summed E-state index contributed by atoms with van der Waals surface area (Å²) in [6, 6.07) is 2.75. The second-order valence-corrected chi connectivity index (χ2v) is 2.61. The molecule has 0 radical (unpaired) electrons. The smallest absolute Gasteiger partial charge is 0.340 e. The summed E-state index contributed by atoms with van der Waals surface area (Å²) in [7, 11) is 0. The summed E-state index contributed by atoms with van der Waals surface area (Å²) in [5.41, 5.74) is 0.215. The number of phenols is 1. The maximum Gasteiger partial charge on any atom is 0.340 e. The zero-order valence-corrected chi connectivity index (χ0v) is 6.94. The van der Waals surface area contributed by atoms with Gasteiger partial charge >= 0.3 is 5.97 Å². The van der Waals surface area contributed by atoms with Crippen LogP contribution < -0.4 is 0 Å². The van der Waals surface area contributed by atoms with Gasteiger partial charge in [-0.1, -0.05) is 6.07 Å². The lowest BCUT2D eigenvalue weighted by Gasteiger charge is -2.04. The number of carbonyl (C=O) groups is 2. The molecule has 1 aromatic rings. The summed E-state index contributed by atoms with van der Waals surface area (Å²) in [6.45, 7) is 1.61. The number of carboxylic acid groups (broad SMARTS) is 1. The summed E-state index contributed by atoms with van der Waals surface area (Å²) >= 11 is 0. The first-order valence-corrected chi connectivity index (χ1v) is 3.59. The molecule has 0 saturated heterocycles. The molecule has 4 nitrogen and oxygen atoms in total. The van der Waals surface area contributed by atoms with E-state index in [1.165, 1.54) is 12.1 Å². The molecule has 0 spiro atoms. The van der Waals surface area contributed by atoms with Gasteiger partial charge in [0.05, 0.1) is 0 Å². The molecule has 0 aliphatic carbocycles. The number of hydrogen-bond donors (Lipinski definition) is 2. The zero-order chi connectivity index (χ0) is 10.0. The lowest BCUT2D eigenvalue weighted by Crippen LogP contribution is -2.04. The van der Waals surface area contributed by atoms with Crippen molar-refractivity contribution < 1.29 is 19.8 Å². The highest BCUT2D eigenvalue weighted by Gasteiger charge is 2.16. The summed E-state index contributed by atoms with van der Waals surface area (Å²) in [5.74, 6) is -1.69. The van der Waals surface area contributed by atoms with Gasteiger partial charge in [0.25, 0.3) is 0 Å². The third-order valence-electron chi connectivity index (χ3n) is 1.77. The van der Waals surface area contributed by atoms with Crippen molar-refractivity contribution in [2.24, 2.45) is 0 Å². The van der Waals surface area contributed by atoms with Crippen molar-refractivity contribution in [1.29, 1.82) is 0 Å². The molecule has 0 aliphatic heterocycles. The molecule has 1 rings (SSSR count). The van der Waals surface area contributed by atoms with Crippen molar-refractivity contribution >= 4 is 12.3 Å². The van der Waals surface area contributed by atoms with E-state index in [1.54, 1.807) is 6.92 Å². The van der Waals surface area contributed by atoms with E-state index in [2.05, 4.69) is 0 Å².